The van der Waals surface area contributed by atoms with Gasteiger partial charge in [-0.2, -0.15) is 0 Å². The highest BCUT2D eigenvalue weighted by atomic mass is 28.2. The molecule has 74 valence electrons. The van der Waals surface area contributed by atoms with Crippen LogP contribution in [0, 0.1) is 0 Å². The average Bonchev–Trinajstić information content (AvgIpc) is 2.11. The number of rotatable bonds is 2. The Kier molecular flexibility index (Phi) is 7.40. The van der Waals surface area contributed by atoms with E-state index in [0.29, 0.717) is 15.3 Å². The fourth-order valence-electron chi connectivity index (χ4n) is 0.992. The lowest BCUT2D eigenvalue weighted by Gasteiger charge is -1.99. The second-order valence-corrected chi connectivity index (χ2v) is 4.50. The van der Waals surface area contributed by atoms with Crippen LogP contribution in [0.25, 0.3) is 0 Å². The van der Waals surface area contributed by atoms with E-state index in [1.54, 1.807) is 6.07 Å². The van der Waals surface area contributed by atoms with Crippen molar-refractivity contribution < 1.29 is 5.11 Å². The number of phenols is 1. The van der Waals surface area contributed by atoms with Crippen molar-refractivity contribution in [1.82, 2.24) is 0 Å². The molecule has 1 aromatic rings. The van der Waals surface area contributed by atoms with Crippen molar-refractivity contribution in [1.29, 1.82) is 0 Å². The molecule has 0 fully saturated rings. The molecule has 0 aromatic heterocycles. The Morgan fingerprint density at radius 2 is 1.77 bits per heavy atom. The fourth-order valence-corrected chi connectivity index (χ4v) is 0.992. The molecule has 0 radical (unpaired) electrons. The summed E-state index contributed by atoms with van der Waals surface area (Å²) in [6.45, 7) is 6.63. The molecule has 0 atom stereocenters. The van der Waals surface area contributed by atoms with Crippen molar-refractivity contribution in [2.45, 2.75) is 32.9 Å². The predicted molar refractivity (Wildman–Crippen MR) is 62.4 cm³/mol. The summed E-state index contributed by atoms with van der Waals surface area (Å²) in [7, 11) is 0.417. The predicted octanol–water partition coefficient (Wildman–Crippen LogP) is 2.60. The number of phenolic OH excluding ortho intramolecular Hbond substituents is 1. The topological polar surface area (TPSA) is 20.2 Å². The zero-order chi connectivity index (χ0) is 10.1. The second-order valence-electron chi connectivity index (χ2n) is 3.09. The number of hydrogen-bond acceptors (Lipinski definition) is 1. The summed E-state index contributed by atoms with van der Waals surface area (Å²) in [6, 6.07) is 7.48. The van der Waals surface area contributed by atoms with Gasteiger partial charge in [0.15, 0.2) is 0 Å². The first-order valence-corrected chi connectivity index (χ1v) is 7.85. The number of para-hydroxylation sites is 1. The van der Waals surface area contributed by atoms with E-state index in [0.717, 1.165) is 18.4 Å². The zero-order valence-corrected chi connectivity index (χ0v) is 10.3. The monoisotopic (exact) mass is 196 g/mol. The van der Waals surface area contributed by atoms with Crippen LogP contribution in [0.1, 0.15) is 18.9 Å². The molecule has 1 N–H and O–H groups in total. The van der Waals surface area contributed by atoms with Gasteiger partial charge in [0, 0.05) is 9.52 Å². The summed E-state index contributed by atoms with van der Waals surface area (Å²) in [6.07, 6.45) is 2.05. The second kappa shape index (κ2) is 7.86. The quantitative estimate of drug-likeness (QED) is 0.721. The molecule has 1 nitrogen and oxygen atoms in total. The van der Waals surface area contributed by atoms with Crippen molar-refractivity contribution in [2.75, 3.05) is 0 Å². The van der Waals surface area contributed by atoms with Crippen molar-refractivity contribution in [3.63, 3.8) is 0 Å². The van der Waals surface area contributed by atoms with E-state index in [-0.39, 0.29) is 0 Å². The van der Waals surface area contributed by atoms with Crippen LogP contribution >= 0.6 is 0 Å². The number of hydrogen-bond donors (Lipinski definition) is 1. The van der Waals surface area contributed by atoms with E-state index in [1.807, 2.05) is 18.2 Å². The van der Waals surface area contributed by atoms with Crippen molar-refractivity contribution in [3.8, 4) is 5.75 Å². The van der Waals surface area contributed by atoms with Crippen LogP contribution in [0.3, 0.4) is 0 Å². The van der Waals surface area contributed by atoms with Crippen LogP contribution in [-0.4, -0.2) is 14.6 Å². The molecule has 0 bridgehead atoms. The fraction of sp³-hybridized carbons (Fsp3) is 0.455. The SMILES string of the molecule is CCCc1ccccc1O.C[SiH2]C. The normalized spacial score (nSPS) is 8.85. The van der Waals surface area contributed by atoms with E-state index in [4.69, 9.17) is 0 Å². The molecule has 0 unspecified atom stereocenters. The van der Waals surface area contributed by atoms with Gasteiger partial charge >= 0.3 is 0 Å². The smallest absolute Gasteiger partial charge is 0.118 e. The molecule has 1 aromatic carbocycles. The van der Waals surface area contributed by atoms with Crippen molar-refractivity contribution >= 4 is 9.52 Å². The summed E-state index contributed by atoms with van der Waals surface area (Å²) in [5, 5.41) is 9.24. The summed E-state index contributed by atoms with van der Waals surface area (Å²) >= 11 is 0. The minimum Gasteiger partial charge on any atom is -0.508 e. The molecule has 0 aliphatic carbocycles. The minimum atomic E-state index is 0.417. The Morgan fingerprint density at radius 3 is 2.23 bits per heavy atom. The van der Waals surface area contributed by atoms with Gasteiger partial charge in [-0.05, 0) is 18.1 Å². The molecule has 0 saturated carbocycles. The zero-order valence-electron chi connectivity index (χ0n) is 8.88. The van der Waals surface area contributed by atoms with Gasteiger partial charge in [-0.25, -0.2) is 0 Å². The Morgan fingerprint density at radius 1 is 1.23 bits per heavy atom. The largest absolute Gasteiger partial charge is 0.508 e. The first kappa shape index (κ1) is 12.2. The molecule has 1 rings (SSSR count). The Hall–Kier alpha value is -0.763. The molecule has 2 heteroatoms. The van der Waals surface area contributed by atoms with Gasteiger partial charge in [0.05, 0.1) is 0 Å². The minimum absolute atomic E-state index is 0.417. The van der Waals surface area contributed by atoms with Gasteiger partial charge in [0.2, 0.25) is 0 Å². The average molecular weight is 196 g/mol. The van der Waals surface area contributed by atoms with E-state index in [9.17, 15) is 5.11 Å². The van der Waals surface area contributed by atoms with E-state index < -0.39 is 0 Å². The van der Waals surface area contributed by atoms with Crippen LogP contribution in [0.2, 0.25) is 13.1 Å². The first-order valence-electron chi connectivity index (χ1n) is 5.03. The lowest BCUT2D eigenvalue weighted by molar-refractivity contribution is 0.467. The lowest BCUT2D eigenvalue weighted by atomic mass is 10.1. The van der Waals surface area contributed by atoms with Gasteiger partial charge < -0.3 is 5.11 Å². The standard InChI is InChI=1S/C9H12O.C2H8Si/c1-2-5-8-6-3-4-7-9(8)10;1-3-2/h3-4,6-7,10H,2,5H2,1H3;3H2,1-2H3. The third kappa shape index (κ3) is 5.47. The molecule has 0 amide bonds. The Balaban J connectivity index is 0.000000424. The van der Waals surface area contributed by atoms with Crippen molar-refractivity contribution in [3.05, 3.63) is 29.8 Å². The van der Waals surface area contributed by atoms with Crippen LogP contribution in [0.5, 0.6) is 5.75 Å². The molecule has 0 saturated heterocycles. The maximum absolute atomic E-state index is 9.24. The third-order valence-electron chi connectivity index (χ3n) is 1.51. The van der Waals surface area contributed by atoms with Crippen LogP contribution in [-0.2, 0) is 6.42 Å². The van der Waals surface area contributed by atoms with Gasteiger partial charge in [-0.3, -0.25) is 0 Å². The van der Waals surface area contributed by atoms with E-state index >= 15 is 0 Å². The van der Waals surface area contributed by atoms with Gasteiger partial charge in [0.1, 0.15) is 5.75 Å². The number of benzene rings is 1. The molecule has 13 heavy (non-hydrogen) atoms. The molecule has 0 aliphatic heterocycles. The first-order chi connectivity index (χ1) is 6.26. The summed E-state index contributed by atoms with van der Waals surface area (Å²) < 4.78 is 0. The Labute approximate surface area is 83.6 Å². The molecule has 0 heterocycles. The maximum Gasteiger partial charge on any atom is 0.118 e. The van der Waals surface area contributed by atoms with Gasteiger partial charge in [-0.1, -0.05) is 44.6 Å². The highest BCUT2D eigenvalue weighted by Crippen LogP contribution is 2.16. The summed E-state index contributed by atoms with van der Waals surface area (Å²) in [5.41, 5.74) is 1.05. The van der Waals surface area contributed by atoms with Crippen molar-refractivity contribution in [2.24, 2.45) is 0 Å². The molecule has 0 spiro atoms. The lowest BCUT2D eigenvalue weighted by Crippen LogP contribution is -1.81. The number of aromatic hydroxyl groups is 1. The number of aryl methyl sites for hydroxylation is 1. The molecule has 0 aliphatic rings. The maximum atomic E-state index is 9.24. The highest BCUT2D eigenvalue weighted by molar-refractivity contribution is 6.31. The van der Waals surface area contributed by atoms with E-state index in [1.165, 1.54) is 0 Å². The van der Waals surface area contributed by atoms with E-state index in [2.05, 4.69) is 20.0 Å². The third-order valence-corrected chi connectivity index (χ3v) is 1.51. The molecular formula is C11H20OSi. The summed E-state index contributed by atoms with van der Waals surface area (Å²) in [4.78, 5) is 0. The van der Waals surface area contributed by atoms with Crippen LogP contribution in [0.4, 0.5) is 0 Å². The van der Waals surface area contributed by atoms with Crippen LogP contribution in [0.15, 0.2) is 24.3 Å². The summed E-state index contributed by atoms with van der Waals surface area (Å²) in [5.74, 6) is 0.421. The van der Waals surface area contributed by atoms with Gasteiger partial charge in [0.25, 0.3) is 0 Å². The van der Waals surface area contributed by atoms with Crippen LogP contribution < -0.4 is 0 Å². The Bertz CT molecular complexity index is 223. The molecular weight excluding hydrogens is 176 g/mol. The van der Waals surface area contributed by atoms with Gasteiger partial charge in [-0.15, -0.1) is 0 Å². The highest BCUT2D eigenvalue weighted by Gasteiger charge is 1.95.